The molecule has 0 saturated carbocycles. The van der Waals surface area contributed by atoms with Gasteiger partial charge in [0.05, 0.1) is 13.2 Å². The predicted octanol–water partition coefficient (Wildman–Crippen LogP) is 3.00. The molecule has 0 radical (unpaired) electrons. The Hall–Kier alpha value is -2.60. The van der Waals surface area contributed by atoms with Crippen molar-refractivity contribution in [2.24, 2.45) is 0 Å². The lowest BCUT2D eigenvalue weighted by molar-refractivity contribution is 0.138. The highest BCUT2D eigenvalue weighted by Gasteiger charge is 2.17. The molecule has 0 aliphatic carbocycles. The lowest BCUT2D eigenvalue weighted by atomic mass is 10.2. The number of oxazole rings is 1. The summed E-state index contributed by atoms with van der Waals surface area (Å²) in [6.45, 7) is 1.98. The van der Waals surface area contributed by atoms with Crippen LogP contribution in [0, 0.1) is 0 Å². The van der Waals surface area contributed by atoms with E-state index in [1.807, 2.05) is 36.4 Å². The smallest absolute Gasteiger partial charge is 0.295 e. The van der Waals surface area contributed by atoms with Crippen molar-refractivity contribution in [2.45, 2.75) is 19.1 Å². The molecule has 118 valence electrons. The standard InChI is InChI=1S/C17H17N3O3/c1-2-4-15-14(3-1)20-17(23-15)19-10-12-5-7-18-16(9-12)22-13-6-8-21-11-13/h1-5,7,9,13H,6,8,10-11H2,(H,19,20). The van der Waals surface area contributed by atoms with Crippen LogP contribution in [-0.2, 0) is 11.3 Å². The number of hydrogen-bond donors (Lipinski definition) is 1. The Morgan fingerprint density at radius 2 is 2.22 bits per heavy atom. The summed E-state index contributed by atoms with van der Waals surface area (Å²) in [5.41, 5.74) is 2.67. The van der Waals surface area contributed by atoms with Gasteiger partial charge in [0.2, 0.25) is 5.88 Å². The number of nitrogens with one attached hydrogen (secondary N) is 1. The van der Waals surface area contributed by atoms with Gasteiger partial charge in [0.1, 0.15) is 11.6 Å². The Morgan fingerprint density at radius 3 is 3.09 bits per heavy atom. The average molecular weight is 311 g/mol. The van der Waals surface area contributed by atoms with Crippen LogP contribution < -0.4 is 10.1 Å². The maximum absolute atomic E-state index is 5.81. The minimum Gasteiger partial charge on any atom is -0.472 e. The minimum atomic E-state index is 0.0998. The third kappa shape index (κ3) is 3.27. The quantitative estimate of drug-likeness (QED) is 0.781. The molecule has 6 heteroatoms. The highest BCUT2D eigenvalue weighted by molar-refractivity contribution is 5.74. The maximum atomic E-state index is 5.81. The van der Waals surface area contributed by atoms with Crippen molar-refractivity contribution in [3.63, 3.8) is 0 Å². The molecule has 1 unspecified atom stereocenters. The van der Waals surface area contributed by atoms with Crippen LogP contribution in [0.3, 0.4) is 0 Å². The summed E-state index contributed by atoms with van der Waals surface area (Å²) in [4.78, 5) is 8.64. The second-order valence-corrected chi connectivity index (χ2v) is 5.45. The number of anilines is 1. The van der Waals surface area contributed by atoms with Crippen molar-refractivity contribution in [2.75, 3.05) is 18.5 Å². The van der Waals surface area contributed by atoms with Crippen LogP contribution in [0.1, 0.15) is 12.0 Å². The molecule has 2 aromatic heterocycles. The van der Waals surface area contributed by atoms with Crippen LogP contribution in [0.2, 0.25) is 0 Å². The minimum absolute atomic E-state index is 0.0998. The Balaban J connectivity index is 1.41. The molecule has 0 amide bonds. The van der Waals surface area contributed by atoms with Crippen molar-refractivity contribution in [1.29, 1.82) is 0 Å². The van der Waals surface area contributed by atoms with E-state index in [-0.39, 0.29) is 6.10 Å². The predicted molar refractivity (Wildman–Crippen MR) is 85.4 cm³/mol. The van der Waals surface area contributed by atoms with E-state index in [2.05, 4.69) is 15.3 Å². The molecule has 1 N–H and O–H groups in total. The normalized spacial score (nSPS) is 17.5. The van der Waals surface area contributed by atoms with E-state index in [9.17, 15) is 0 Å². The molecular weight excluding hydrogens is 294 g/mol. The molecule has 1 aromatic carbocycles. The fourth-order valence-corrected chi connectivity index (χ4v) is 2.53. The molecule has 1 aliphatic rings. The zero-order chi connectivity index (χ0) is 15.5. The van der Waals surface area contributed by atoms with Crippen LogP contribution in [-0.4, -0.2) is 29.3 Å². The summed E-state index contributed by atoms with van der Waals surface area (Å²) in [6, 6.07) is 12.1. The van der Waals surface area contributed by atoms with Gasteiger partial charge < -0.3 is 19.2 Å². The van der Waals surface area contributed by atoms with Crippen LogP contribution in [0.5, 0.6) is 5.88 Å². The SMILES string of the molecule is c1ccc2oc(NCc3ccnc(OC4CCOC4)c3)nc2c1. The highest BCUT2D eigenvalue weighted by atomic mass is 16.5. The van der Waals surface area contributed by atoms with Gasteiger partial charge in [-0.3, -0.25) is 0 Å². The molecule has 23 heavy (non-hydrogen) atoms. The van der Waals surface area contributed by atoms with Crippen molar-refractivity contribution in [3.05, 3.63) is 48.2 Å². The molecule has 0 bridgehead atoms. The number of rotatable bonds is 5. The van der Waals surface area contributed by atoms with Gasteiger partial charge in [-0.15, -0.1) is 0 Å². The zero-order valence-electron chi connectivity index (χ0n) is 12.6. The zero-order valence-corrected chi connectivity index (χ0v) is 12.6. The highest BCUT2D eigenvalue weighted by Crippen LogP contribution is 2.20. The number of aromatic nitrogens is 2. The third-order valence-corrected chi connectivity index (χ3v) is 3.71. The van der Waals surface area contributed by atoms with Gasteiger partial charge in [-0.05, 0) is 23.8 Å². The summed E-state index contributed by atoms with van der Waals surface area (Å²) < 4.78 is 16.8. The first-order chi connectivity index (χ1) is 11.4. The van der Waals surface area contributed by atoms with Crippen LogP contribution in [0.25, 0.3) is 11.1 Å². The Kier molecular flexibility index (Phi) is 3.81. The fourth-order valence-electron chi connectivity index (χ4n) is 2.53. The van der Waals surface area contributed by atoms with Gasteiger partial charge in [-0.25, -0.2) is 4.98 Å². The Morgan fingerprint density at radius 1 is 1.26 bits per heavy atom. The number of hydrogen-bond acceptors (Lipinski definition) is 6. The fraction of sp³-hybridized carbons (Fsp3) is 0.294. The second kappa shape index (κ2) is 6.26. The summed E-state index contributed by atoms with van der Waals surface area (Å²) in [5, 5.41) is 3.19. The number of nitrogens with zero attached hydrogens (tertiary/aromatic N) is 2. The molecule has 4 rings (SSSR count). The Labute approximate surface area is 133 Å². The van der Waals surface area contributed by atoms with Gasteiger partial charge in [0.15, 0.2) is 5.58 Å². The molecule has 6 nitrogen and oxygen atoms in total. The summed E-state index contributed by atoms with van der Waals surface area (Å²) in [6.07, 6.45) is 2.75. The molecule has 1 atom stereocenters. The summed E-state index contributed by atoms with van der Waals surface area (Å²) in [5.74, 6) is 0.623. The number of fused-ring (bicyclic) bond motifs is 1. The van der Waals surface area contributed by atoms with E-state index in [1.165, 1.54) is 0 Å². The van der Waals surface area contributed by atoms with Crippen LogP contribution in [0.15, 0.2) is 47.0 Å². The molecular formula is C17H17N3O3. The van der Waals surface area contributed by atoms with Gasteiger partial charge in [0.25, 0.3) is 6.01 Å². The third-order valence-electron chi connectivity index (χ3n) is 3.71. The van der Waals surface area contributed by atoms with Crippen molar-refractivity contribution in [1.82, 2.24) is 9.97 Å². The molecule has 3 aromatic rings. The van der Waals surface area contributed by atoms with Crippen molar-refractivity contribution >= 4 is 17.1 Å². The average Bonchev–Trinajstić information content (AvgIpc) is 3.22. The number of ether oxygens (including phenoxy) is 2. The summed E-state index contributed by atoms with van der Waals surface area (Å²) in [7, 11) is 0. The van der Waals surface area contributed by atoms with Crippen molar-refractivity contribution in [3.8, 4) is 5.88 Å². The van der Waals surface area contributed by atoms with E-state index in [0.717, 1.165) is 29.7 Å². The van der Waals surface area contributed by atoms with E-state index >= 15 is 0 Å². The molecule has 1 saturated heterocycles. The number of pyridine rings is 1. The first kappa shape index (κ1) is 14.0. The van der Waals surface area contributed by atoms with Gasteiger partial charge in [-0.2, -0.15) is 4.98 Å². The van der Waals surface area contributed by atoms with Gasteiger partial charge in [0, 0.05) is 25.2 Å². The monoisotopic (exact) mass is 311 g/mol. The van der Waals surface area contributed by atoms with Crippen molar-refractivity contribution < 1.29 is 13.9 Å². The number of benzene rings is 1. The second-order valence-electron chi connectivity index (χ2n) is 5.45. The first-order valence-corrected chi connectivity index (χ1v) is 7.65. The van der Waals surface area contributed by atoms with Crippen LogP contribution in [0.4, 0.5) is 6.01 Å². The Bertz CT molecular complexity index is 763. The largest absolute Gasteiger partial charge is 0.472 e. The molecule has 1 aliphatic heterocycles. The van der Waals surface area contributed by atoms with Gasteiger partial charge >= 0.3 is 0 Å². The molecule has 1 fully saturated rings. The first-order valence-electron chi connectivity index (χ1n) is 7.65. The molecule has 3 heterocycles. The lowest BCUT2D eigenvalue weighted by Crippen LogP contribution is -2.16. The number of para-hydroxylation sites is 2. The maximum Gasteiger partial charge on any atom is 0.295 e. The van der Waals surface area contributed by atoms with E-state index < -0.39 is 0 Å². The van der Waals surface area contributed by atoms with E-state index in [4.69, 9.17) is 13.9 Å². The lowest BCUT2D eigenvalue weighted by Gasteiger charge is -2.11. The summed E-state index contributed by atoms with van der Waals surface area (Å²) >= 11 is 0. The molecule has 0 spiro atoms. The van der Waals surface area contributed by atoms with E-state index in [0.29, 0.717) is 25.0 Å². The van der Waals surface area contributed by atoms with Gasteiger partial charge in [-0.1, -0.05) is 12.1 Å². The van der Waals surface area contributed by atoms with E-state index in [1.54, 1.807) is 6.20 Å². The van der Waals surface area contributed by atoms with Crippen LogP contribution >= 0.6 is 0 Å². The topological polar surface area (TPSA) is 69.4 Å².